The lowest BCUT2D eigenvalue weighted by Gasteiger charge is -2.24. The van der Waals surface area contributed by atoms with Crippen LogP contribution in [0, 0.1) is 10.1 Å². The molecule has 14 heavy (non-hydrogen) atoms. The summed E-state index contributed by atoms with van der Waals surface area (Å²) in [6.07, 6.45) is 3.88. The maximum atomic E-state index is 10.4. The Hall–Kier alpha value is -1.03. The van der Waals surface area contributed by atoms with Crippen LogP contribution in [0.2, 0.25) is 0 Å². The second-order valence-electron chi connectivity index (χ2n) is 3.42. The zero-order chi connectivity index (χ0) is 9.97. The minimum absolute atomic E-state index is 0.169. The van der Waals surface area contributed by atoms with E-state index in [0.29, 0.717) is 0 Å². The van der Waals surface area contributed by atoms with Gasteiger partial charge in [0, 0.05) is 22.3 Å². The van der Waals surface area contributed by atoms with Crippen LogP contribution in [-0.2, 0) is 0 Å². The molecule has 0 N–H and O–H groups in total. The molecular formula is C10H11NO2S. The first-order chi connectivity index (χ1) is 6.75. The largest absolute Gasteiger partial charge is 0.269 e. The summed E-state index contributed by atoms with van der Waals surface area (Å²) >= 11 is 1.83. The van der Waals surface area contributed by atoms with E-state index in [1.54, 1.807) is 12.1 Å². The normalized spacial score (nSPS) is 16.3. The van der Waals surface area contributed by atoms with Gasteiger partial charge in [0.2, 0.25) is 0 Å². The molecule has 1 fully saturated rings. The van der Waals surface area contributed by atoms with Gasteiger partial charge in [-0.05, 0) is 25.0 Å². The van der Waals surface area contributed by atoms with Crippen molar-refractivity contribution >= 4 is 17.4 Å². The van der Waals surface area contributed by atoms with Gasteiger partial charge in [0.1, 0.15) is 0 Å². The molecule has 1 aliphatic rings. The van der Waals surface area contributed by atoms with E-state index >= 15 is 0 Å². The molecule has 1 aromatic carbocycles. The van der Waals surface area contributed by atoms with Gasteiger partial charge in [-0.15, -0.1) is 11.8 Å². The number of non-ortho nitro benzene ring substituents is 1. The van der Waals surface area contributed by atoms with Crippen molar-refractivity contribution in [3.05, 3.63) is 34.4 Å². The van der Waals surface area contributed by atoms with Gasteiger partial charge in [0.25, 0.3) is 5.69 Å². The molecule has 3 nitrogen and oxygen atoms in total. The van der Waals surface area contributed by atoms with E-state index in [0.717, 1.165) is 10.1 Å². The van der Waals surface area contributed by atoms with Crippen LogP contribution in [0.4, 0.5) is 5.69 Å². The van der Waals surface area contributed by atoms with Crippen LogP contribution in [0.5, 0.6) is 0 Å². The highest BCUT2D eigenvalue weighted by Gasteiger charge is 2.18. The summed E-state index contributed by atoms with van der Waals surface area (Å²) in [4.78, 5) is 11.2. The quantitative estimate of drug-likeness (QED) is 0.567. The number of hydrogen-bond donors (Lipinski definition) is 0. The highest BCUT2D eigenvalue weighted by Crippen LogP contribution is 2.36. The van der Waals surface area contributed by atoms with E-state index < -0.39 is 0 Å². The molecule has 0 saturated heterocycles. The zero-order valence-electron chi connectivity index (χ0n) is 7.68. The zero-order valence-corrected chi connectivity index (χ0v) is 8.50. The molecule has 0 bridgehead atoms. The third-order valence-corrected chi connectivity index (χ3v) is 3.75. The molecular weight excluding hydrogens is 198 g/mol. The molecule has 74 valence electrons. The Morgan fingerprint density at radius 1 is 1.29 bits per heavy atom. The van der Waals surface area contributed by atoms with Gasteiger partial charge < -0.3 is 0 Å². The van der Waals surface area contributed by atoms with Gasteiger partial charge >= 0.3 is 0 Å². The number of benzene rings is 1. The van der Waals surface area contributed by atoms with E-state index in [9.17, 15) is 10.1 Å². The summed E-state index contributed by atoms with van der Waals surface area (Å²) in [6.45, 7) is 0. The molecule has 0 amide bonds. The average molecular weight is 209 g/mol. The summed E-state index contributed by atoms with van der Waals surface area (Å²) in [6, 6.07) is 6.81. The van der Waals surface area contributed by atoms with Gasteiger partial charge in [-0.1, -0.05) is 6.42 Å². The first-order valence-electron chi connectivity index (χ1n) is 4.67. The van der Waals surface area contributed by atoms with Crippen molar-refractivity contribution in [2.45, 2.75) is 29.4 Å². The first-order valence-corrected chi connectivity index (χ1v) is 5.55. The lowest BCUT2D eigenvalue weighted by Crippen LogP contribution is -2.12. The van der Waals surface area contributed by atoms with E-state index in [2.05, 4.69) is 0 Å². The lowest BCUT2D eigenvalue weighted by atomic mass is 10.0. The molecule has 0 atom stereocenters. The van der Waals surface area contributed by atoms with Gasteiger partial charge in [-0.2, -0.15) is 0 Å². The van der Waals surface area contributed by atoms with Crippen LogP contribution >= 0.6 is 11.8 Å². The fraction of sp³-hybridized carbons (Fsp3) is 0.400. The smallest absolute Gasteiger partial charge is 0.258 e. The molecule has 0 unspecified atom stereocenters. The third kappa shape index (κ3) is 2.07. The fourth-order valence-corrected chi connectivity index (χ4v) is 2.57. The number of rotatable bonds is 3. The van der Waals surface area contributed by atoms with E-state index in [-0.39, 0.29) is 10.6 Å². The van der Waals surface area contributed by atoms with E-state index in [1.165, 1.54) is 19.3 Å². The predicted molar refractivity (Wildman–Crippen MR) is 56.6 cm³/mol. The Balaban J connectivity index is 2.01. The molecule has 0 aromatic heterocycles. The second-order valence-corrected chi connectivity index (χ2v) is 4.80. The Labute approximate surface area is 86.7 Å². The summed E-state index contributed by atoms with van der Waals surface area (Å²) in [5.41, 5.74) is 0.169. The molecule has 0 aliphatic heterocycles. The maximum Gasteiger partial charge on any atom is 0.269 e. The van der Waals surface area contributed by atoms with Crippen molar-refractivity contribution in [2.24, 2.45) is 0 Å². The number of thioether (sulfide) groups is 1. The lowest BCUT2D eigenvalue weighted by molar-refractivity contribution is -0.384. The van der Waals surface area contributed by atoms with Crippen molar-refractivity contribution in [3.8, 4) is 0 Å². The minimum Gasteiger partial charge on any atom is -0.258 e. The summed E-state index contributed by atoms with van der Waals surface area (Å²) in [5.74, 6) is 0. The highest BCUT2D eigenvalue weighted by atomic mass is 32.2. The van der Waals surface area contributed by atoms with Crippen LogP contribution in [0.25, 0.3) is 0 Å². The number of nitro groups is 1. The van der Waals surface area contributed by atoms with Crippen molar-refractivity contribution in [2.75, 3.05) is 0 Å². The van der Waals surface area contributed by atoms with Crippen LogP contribution in [0.15, 0.2) is 29.2 Å². The molecule has 0 spiro atoms. The van der Waals surface area contributed by atoms with Crippen molar-refractivity contribution in [3.63, 3.8) is 0 Å². The standard InChI is InChI=1S/C10H11NO2S/c12-11(13)8-4-6-10(7-5-8)14-9-2-1-3-9/h4-7,9H,1-3H2. The summed E-state index contributed by atoms with van der Waals surface area (Å²) in [7, 11) is 0. The first kappa shape index (κ1) is 9.52. The molecule has 2 rings (SSSR count). The highest BCUT2D eigenvalue weighted by molar-refractivity contribution is 8.00. The van der Waals surface area contributed by atoms with Crippen LogP contribution in [0.3, 0.4) is 0 Å². The van der Waals surface area contributed by atoms with Crippen molar-refractivity contribution in [1.82, 2.24) is 0 Å². The third-order valence-electron chi connectivity index (χ3n) is 2.40. The number of hydrogen-bond acceptors (Lipinski definition) is 3. The van der Waals surface area contributed by atoms with Gasteiger partial charge in [-0.25, -0.2) is 0 Å². The summed E-state index contributed by atoms with van der Waals surface area (Å²) < 4.78 is 0. The number of nitrogens with zero attached hydrogens (tertiary/aromatic N) is 1. The van der Waals surface area contributed by atoms with E-state index in [1.807, 2.05) is 23.9 Å². The van der Waals surface area contributed by atoms with Crippen molar-refractivity contribution < 1.29 is 4.92 Å². The van der Waals surface area contributed by atoms with Gasteiger partial charge in [0.05, 0.1) is 4.92 Å². The Kier molecular flexibility index (Phi) is 2.72. The van der Waals surface area contributed by atoms with Crippen LogP contribution in [-0.4, -0.2) is 10.2 Å². The summed E-state index contributed by atoms with van der Waals surface area (Å²) in [5, 5.41) is 11.1. The Morgan fingerprint density at radius 2 is 1.93 bits per heavy atom. The maximum absolute atomic E-state index is 10.4. The van der Waals surface area contributed by atoms with Crippen molar-refractivity contribution in [1.29, 1.82) is 0 Å². The number of nitro benzene ring substituents is 1. The van der Waals surface area contributed by atoms with E-state index in [4.69, 9.17) is 0 Å². The fourth-order valence-electron chi connectivity index (χ4n) is 1.33. The van der Waals surface area contributed by atoms with Crippen LogP contribution < -0.4 is 0 Å². The predicted octanol–water partition coefficient (Wildman–Crippen LogP) is 3.24. The van der Waals surface area contributed by atoms with Gasteiger partial charge in [0.15, 0.2) is 0 Å². The molecule has 1 saturated carbocycles. The average Bonchev–Trinajstić information content (AvgIpc) is 2.12. The molecule has 1 aliphatic carbocycles. The Morgan fingerprint density at radius 3 is 2.36 bits per heavy atom. The van der Waals surface area contributed by atoms with Crippen LogP contribution in [0.1, 0.15) is 19.3 Å². The minimum atomic E-state index is -0.363. The Bertz CT molecular complexity index is 332. The monoisotopic (exact) mass is 209 g/mol. The molecule has 4 heteroatoms. The topological polar surface area (TPSA) is 43.1 Å². The molecule has 1 aromatic rings. The molecule has 0 heterocycles. The molecule has 0 radical (unpaired) electrons. The van der Waals surface area contributed by atoms with Gasteiger partial charge in [-0.3, -0.25) is 10.1 Å². The second kappa shape index (κ2) is 4.00. The SMILES string of the molecule is O=[N+]([O-])c1ccc(SC2CCC2)cc1.